The summed E-state index contributed by atoms with van der Waals surface area (Å²) in [6.45, 7) is 5.01. The molecule has 0 aliphatic heterocycles. The zero-order valence-electron chi connectivity index (χ0n) is 17.6. The van der Waals surface area contributed by atoms with Crippen molar-refractivity contribution in [2.75, 3.05) is 10.6 Å². The summed E-state index contributed by atoms with van der Waals surface area (Å²) in [6, 6.07) is 15.5. The van der Waals surface area contributed by atoms with Gasteiger partial charge in [0.25, 0.3) is 11.8 Å². The third kappa shape index (κ3) is 6.26. The normalized spacial score (nSPS) is 10.6. The van der Waals surface area contributed by atoms with E-state index in [2.05, 4.69) is 27.5 Å². The molecule has 2 amide bonds. The molecule has 0 spiro atoms. The highest BCUT2D eigenvalue weighted by Gasteiger charge is 2.13. The molecule has 6 nitrogen and oxygen atoms in total. The summed E-state index contributed by atoms with van der Waals surface area (Å²) in [5, 5.41) is 15.4. The highest BCUT2D eigenvalue weighted by molar-refractivity contribution is 6.08. The highest BCUT2D eigenvalue weighted by atomic mass is 16.3. The molecule has 156 valence electrons. The van der Waals surface area contributed by atoms with Crippen LogP contribution in [-0.4, -0.2) is 27.5 Å². The average molecular weight is 413 g/mol. The summed E-state index contributed by atoms with van der Waals surface area (Å²) in [4.78, 5) is 29.3. The molecule has 31 heavy (non-hydrogen) atoms. The quantitative estimate of drug-likeness (QED) is 0.564. The zero-order chi connectivity index (χ0) is 22.4. The topological polar surface area (TPSA) is 91.3 Å². The zero-order valence-corrected chi connectivity index (χ0v) is 17.6. The lowest BCUT2D eigenvalue weighted by Gasteiger charge is -2.11. The number of aryl methyl sites for hydroxylation is 1. The Kier molecular flexibility index (Phi) is 6.49. The standard InChI is InChI=1S/C25H23N3O3/c1-17-9-10-20(15-22(17)24(30)28-21-8-5-13-26-16-21)27-23(29)19-7-4-6-18(14-19)11-12-25(2,3)31/h4-10,13-16,31H,1-3H3,(H,27,29)(H,28,30). The van der Waals surface area contributed by atoms with Crippen LogP contribution in [-0.2, 0) is 0 Å². The van der Waals surface area contributed by atoms with Gasteiger partial charge in [0.2, 0.25) is 0 Å². The van der Waals surface area contributed by atoms with Gasteiger partial charge in [-0.1, -0.05) is 24.0 Å². The van der Waals surface area contributed by atoms with Crippen molar-refractivity contribution in [3.63, 3.8) is 0 Å². The van der Waals surface area contributed by atoms with E-state index in [1.807, 2.05) is 6.92 Å². The molecular formula is C25H23N3O3. The van der Waals surface area contributed by atoms with Gasteiger partial charge in [-0.3, -0.25) is 14.6 Å². The number of carbonyl (C=O) groups is 2. The van der Waals surface area contributed by atoms with Crippen molar-refractivity contribution in [1.82, 2.24) is 4.98 Å². The summed E-state index contributed by atoms with van der Waals surface area (Å²) in [5.74, 6) is 4.97. The van der Waals surface area contributed by atoms with Crippen LogP contribution < -0.4 is 10.6 Å². The van der Waals surface area contributed by atoms with Crippen LogP contribution in [0.15, 0.2) is 67.0 Å². The Morgan fingerprint density at radius 1 is 0.968 bits per heavy atom. The SMILES string of the molecule is Cc1ccc(NC(=O)c2cccc(C#CC(C)(C)O)c2)cc1C(=O)Nc1cccnc1. The molecule has 0 saturated heterocycles. The van der Waals surface area contributed by atoms with Gasteiger partial charge in [0, 0.05) is 28.6 Å². The number of nitrogens with one attached hydrogen (secondary N) is 2. The predicted octanol–water partition coefficient (Wildman–Crippen LogP) is 4.02. The van der Waals surface area contributed by atoms with Gasteiger partial charge < -0.3 is 15.7 Å². The van der Waals surface area contributed by atoms with Gasteiger partial charge in [0.05, 0.1) is 11.9 Å². The van der Waals surface area contributed by atoms with Gasteiger partial charge in [-0.05, 0) is 68.8 Å². The molecule has 3 rings (SSSR count). The molecule has 0 unspecified atom stereocenters. The van der Waals surface area contributed by atoms with Crippen LogP contribution in [0.5, 0.6) is 0 Å². The molecule has 0 aliphatic rings. The maximum absolute atomic E-state index is 12.7. The minimum atomic E-state index is -1.12. The number of pyridine rings is 1. The number of anilines is 2. The van der Waals surface area contributed by atoms with Crippen LogP contribution in [0.3, 0.4) is 0 Å². The molecule has 0 saturated carbocycles. The molecule has 0 atom stereocenters. The van der Waals surface area contributed by atoms with Gasteiger partial charge in [-0.25, -0.2) is 0 Å². The minimum absolute atomic E-state index is 0.287. The Bertz CT molecular complexity index is 1170. The molecule has 0 fully saturated rings. The van der Waals surface area contributed by atoms with E-state index in [4.69, 9.17) is 0 Å². The number of benzene rings is 2. The second-order valence-corrected chi connectivity index (χ2v) is 7.57. The van der Waals surface area contributed by atoms with Crippen molar-refractivity contribution in [3.05, 3.63) is 89.2 Å². The Morgan fingerprint density at radius 2 is 1.74 bits per heavy atom. The monoisotopic (exact) mass is 413 g/mol. The molecule has 3 aromatic rings. The number of aliphatic hydroxyl groups is 1. The molecule has 1 aromatic heterocycles. The van der Waals surface area contributed by atoms with E-state index in [9.17, 15) is 14.7 Å². The maximum atomic E-state index is 12.7. The van der Waals surface area contributed by atoms with E-state index in [0.717, 1.165) is 5.56 Å². The fraction of sp³-hybridized carbons (Fsp3) is 0.160. The first kappa shape index (κ1) is 21.8. The van der Waals surface area contributed by atoms with Crippen molar-refractivity contribution in [1.29, 1.82) is 0 Å². The van der Waals surface area contributed by atoms with Crippen molar-refractivity contribution >= 4 is 23.2 Å². The molecule has 2 aromatic carbocycles. The van der Waals surface area contributed by atoms with Crippen LogP contribution in [0.25, 0.3) is 0 Å². The van der Waals surface area contributed by atoms with E-state index in [1.54, 1.807) is 80.8 Å². The summed E-state index contributed by atoms with van der Waals surface area (Å²) in [6.07, 6.45) is 3.19. The third-order valence-electron chi connectivity index (χ3n) is 4.30. The fourth-order valence-corrected chi connectivity index (χ4v) is 2.75. The lowest BCUT2D eigenvalue weighted by molar-refractivity contribution is 0.101. The van der Waals surface area contributed by atoms with E-state index in [0.29, 0.717) is 28.1 Å². The largest absolute Gasteiger partial charge is 0.378 e. The number of rotatable bonds is 4. The number of nitrogens with zero attached hydrogens (tertiary/aromatic N) is 1. The Morgan fingerprint density at radius 3 is 2.45 bits per heavy atom. The smallest absolute Gasteiger partial charge is 0.256 e. The van der Waals surface area contributed by atoms with Crippen molar-refractivity contribution in [3.8, 4) is 11.8 Å². The molecule has 6 heteroatoms. The first-order valence-electron chi connectivity index (χ1n) is 9.70. The fourth-order valence-electron chi connectivity index (χ4n) is 2.75. The van der Waals surface area contributed by atoms with E-state index >= 15 is 0 Å². The van der Waals surface area contributed by atoms with Crippen LogP contribution in [0.1, 0.15) is 45.7 Å². The number of carbonyl (C=O) groups excluding carboxylic acids is 2. The molecule has 0 aliphatic carbocycles. The molecule has 0 radical (unpaired) electrons. The van der Waals surface area contributed by atoms with E-state index in [-0.39, 0.29) is 11.8 Å². The number of hydrogen-bond acceptors (Lipinski definition) is 4. The molecule has 1 heterocycles. The van der Waals surface area contributed by atoms with Gasteiger partial charge in [0.15, 0.2) is 0 Å². The van der Waals surface area contributed by atoms with E-state index in [1.165, 1.54) is 0 Å². The highest BCUT2D eigenvalue weighted by Crippen LogP contribution is 2.18. The number of amides is 2. The Labute approximate surface area is 181 Å². The summed E-state index contributed by atoms with van der Waals surface area (Å²) >= 11 is 0. The van der Waals surface area contributed by atoms with Crippen LogP contribution in [0.2, 0.25) is 0 Å². The average Bonchev–Trinajstić information content (AvgIpc) is 2.74. The van der Waals surface area contributed by atoms with Gasteiger partial charge in [-0.2, -0.15) is 0 Å². The van der Waals surface area contributed by atoms with Crippen molar-refractivity contribution in [2.24, 2.45) is 0 Å². The van der Waals surface area contributed by atoms with Crippen LogP contribution >= 0.6 is 0 Å². The number of aromatic nitrogens is 1. The molecule has 3 N–H and O–H groups in total. The predicted molar refractivity (Wildman–Crippen MR) is 121 cm³/mol. The van der Waals surface area contributed by atoms with Crippen molar-refractivity contribution < 1.29 is 14.7 Å². The van der Waals surface area contributed by atoms with Crippen LogP contribution in [0.4, 0.5) is 11.4 Å². The maximum Gasteiger partial charge on any atom is 0.256 e. The summed E-state index contributed by atoms with van der Waals surface area (Å²) < 4.78 is 0. The Balaban J connectivity index is 1.77. The lowest BCUT2D eigenvalue weighted by Crippen LogP contribution is -2.16. The summed E-state index contributed by atoms with van der Waals surface area (Å²) in [7, 11) is 0. The second kappa shape index (κ2) is 9.24. The first-order valence-corrected chi connectivity index (χ1v) is 9.70. The lowest BCUT2D eigenvalue weighted by atomic mass is 10.1. The Hall–Kier alpha value is -3.95. The minimum Gasteiger partial charge on any atom is -0.378 e. The van der Waals surface area contributed by atoms with Crippen LogP contribution in [0, 0.1) is 18.8 Å². The summed E-state index contributed by atoms with van der Waals surface area (Å²) in [5.41, 5.74) is 2.24. The van der Waals surface area contributed by atoms with Gasteiger partial charge in [-0.15, -0.1) is 0 Å². The van der Waals surface area contributed by atoms with E-state index < -0.39 is 5.60 Å². The third-order valence-corrected chi connectivity index (χ3v) is 4.30. The first-order chi connectivity index (χ1) is 14.7. The second-order valence-electron chi connectivity index (χ2n) is 7.57. The molecule has 0 bridgehead atoms. The van der Waals surface area contributed by atoms with Crippen molar-refractivity contribution in [2.45, 2.75) is 26.4 Å². The molecular weight excluding hydrogens is 390 g/mol. The van der Waals surface area contributed by atoms with Gasteiger partial charge >= 0.3 is 0 Å². The number of hydrogen-bond donors (Lipinski definition) is 3. The van der Waals surface area contributed by atoms with Gasteiger partial charge in [0.1, 0.15) is 5.60 Å².